The van der Waals surface area contributed by atoms with Crippen LogP contribution in [-0.2, 0) is 4.74 Å². The standard InChI is InChI=1S/C15H28N2O3/c1-15(2,3)20-14(19)17-10-8-16(9-11-17)12-4-6-13(18)7-5-12/h12-13,18H,4-11H2,1-3H3/t12-,13+. The zero-order valence-electron chi connectivity index (χ0n) is 13.0. The summed E-state index contributed by atoms with van der Waals surface area (Å²) in [5, 5.41) is 9.56. The molecule has 1 N–H and O–H groups in total. The molecule has 5 heteroatoms. The number of ether oxygens (including phenoxy) is 1. The molecule has 0 atom stereocenters. The molecule has 1 aliphatic heterocycles. The maximum absolute atomic E-state index is 12.0. The summed E-state index contributed by atoms with van der Waals surface area (Å²) in [5.41, 5.74) is -0.423. The van der Waals surface area contributed by atoms with E-state index in [0.29, 0.717) is 6.04 Å². The Morgan fingerprint density at radius 1 is 1.05 bits per heavy atom. The fraction of sp³-hybridized carbons (Fsp3) is 0.933. The molecule has 2 rings (SSSR count). The molecule has 0 aromatic heterocycles. The Morgan fingerprint density at radius 3 is 2.10 bits per heavy atom. The molecule has 0 spiro atoms. The molecule has 0 bridgehead atoms. The molecule has 1 saturated carbocycles. The van der Waals surface area contributed by atoms with Crippen molar-refractivity contribution in [1.29, 1.82) is 0 Å². The highest BCUT2D eigenvalue weighted by Crippen LogP contribution is 2.24. The van der Waals surface area contributed by atoms with Crippen molar-refractivity contribution >= 4 is 6.09 Å². The first-order valence-electron chi connectivity index (χ1n) is 7.75. The van der Waals surface area contributed by atoms with Crippen LogP contribution in [0.5, 0.6) is 0 Å². The third-order valence-corrected chi connectivity index (χ3v) is 4.15. The number of hydrogen-bond donors (Lipinski definition) is 1. The van der Waals surface area contributed by atoms with E-state index in [4.69, 9.17) is 4.74 Å². The van der Waals surface area contributed by atoms with Gasteiger partial charge in [-0.25, -0.2) is 4.79 Å². The lowest BCUT2D eigenvalue weighted by atomic mass is 9.91. The minimum Gasteiger partial charge on any atom is -0.444 e. The number of nitrogens with zero attached hydrogens (tertiary/aromatic N) is 2. The Labute approximate surface area is 121 Å². The van der Waals surface area contributed by atoms with Gasteiger partial charge in [-0.2, -0.15) is 0 Å². The third-order valence-electron chi connectivity index (χ3n) is 4.15. The highest BCUT2D eigenvalue weighted by atomic mass is 16.6. The van der Waals surface area contributed by atoms with E-state index in [2.05, 4.69) is 4.90 Å². The fourth-order valence-electron chi connectivity index (χ4n) is 3.02. The zero-order valence-corrected chi connectivity index (χ0v) is 13.0. The van der Waals surface area contributed by atoms with Crippen molar-refractivity contribution in [2.75, 3.05) is 26.2 Å². The van der Waals surface area contributed by atoms with E-state index in [0.717, 1.165) is 51.9 Å². The normalized spacial score (nSPS) is 29.3. The van der Waals surface area contributed by atoms with E-state index in [9.17, 15) is 9.90 Å². The first kappa shape index (κ1) is 15.6. The molecule has 1 amide bonds. The van der Waals surface area contributed by atoms with E-state index < -0.39 is 5.60 Å². The van der Waals surface area contributed by atoms with Gasteiger partial charge in [-0.3, -0.25) is 4.90 Å². The Balaban J connectivity index is 1.76. The molecular weight excluding hydrogens is 256 g/mol. The summed E-state index contributed by atoms with van der Waals surface area (Å²) in [4.78, 5) is 16.3. The second-order valence-corrected chi connectivity index (χ2v) is 6.97. The van der Waals surface area contributed by atoms with Crippen LogP contribution < -0.4 is 0 Å². The van der Waals surface area contributed by atoms with Gasteiger partial charge in [0.2, 0.25) is 0 Å². The minimum atomic E-state index is -0.423. The molecule has 2 aliphatic rings. The lowest BCUT2D eigenvalue weighted by molar-refractivity contribution is 0.00414. The molecular formula is C15H28N2O3. The summed E-state index contributed by atoms with van der Waals surface area (Å²) in [6.45, 7) is 9.01. The number of carbonyl (C=O) groups is 1. The lowest BCUT2D eigenvalue weighted by Gasteiger charge is -2.41. The summed E-state index contributed by atoms with van der Waals surface area (Å²) in [7, 11) is 0. The average Bonchev–Trinajstić information content (AvgIpc) is 2.38. The summed E-state index contributed by atoms with van der Waals surface area (Å²) in [6, 6.07) is 0.583. The van der Waals surface area contributed by atoms with Gasteiger partial charge >= 0.3 is 6.09 Å². The molecule has 5 nitrogen and oxygen atoms in total. The summed E-state index contributed by atoms with van der Waals surface area (Å²) in [5.74, 6) is 0. The van der Waals surface area contributed by atoms with Crippen molar-refractivity contribution in [3.63, 3.8) is 0 Å². The maximum Gasteiger partial charge on any atom is 0.410 e. The van der Waals surface area contributed by atoms with E-state index >= 15 is 0 Å². The third kappa shape index (κ3) is 4.35. The fourth-order valence-corrected chi connectivity index (χ4v) is 3.02. The smallest absolute Gasteiger partial charge is 0.410 e. The lowest BCUT2D eigenvalue weighted by Crippen LogP contribution is -2.53. The molecule has 0 aromatic carbocycles. The van der Waals surface area contributed by atoms with Gasteiger partial charge in [0, 0.05) is 32.2 Å². The van der Waals surface area contributed by atoms with Gasteiger partial charge in [0.25, 0.3) is 0 Å². The molecule has 0 aromatic rings. The van der Waals surface area contributed by atoms with Crippen molar-refractivity contribution < 1.29 is 14.6 Å². The van der Waals surface area contributed by atoms with Crippen LogP contribution in [0.1, 0.15) is 46.5 Å². The molecule has 116 valence electrons. The first-order chi connectivity index (χ1) is 9.35. The molecule has 1 saturated heterocycles. The highest BCUT2D eigenvalue weighted by Gasteiger charge is 2.30. The number of aliphatic hydroxyl groups excluding tert-OH is 1. The van der Waals surface area contributed by atoms with Crippen molar-refractivity contribution in [3.8, 4) is 0 Å². The van der Waals surface area contributed by atoms with Crippen LogP contribution in [0.2, 0.25) is 0 Å². The van der Waals surface area contributed by atoms with Crippen molar-refractivity contribution in [2.45, 2.75) is 64.2 Å². The van der Waals surface area contributed by atoms with Crippen molar-refractivity contribution in [1.82, 2.24) is 9.80 Å². The number of aliphatic hydroxyl groups is 1. The summed E-state index contributed by atoms with van der Waals surface area (Å²) < 4.78 is 5.41. The largest absolute Gasteiger partial charge is 0.444 e. The van der Waals surface area contributed by atoms with Gasteiger partial charge in [0.1, 0.15) is 5.60 Å². The van der Waals surface area contributed by atoms with Crippen LogP contribution in [-0.4, -0.2) is 64.9 Å². The summed E-state index contributed by atoms with van der Waals surface area (Å²) in [6.07, 6.45) is 3.68. The average molecular weight is 284 g/mol. The predicted octanol–water partition coefficient (Wildman–Crippen LogP) is 1.84. The van der Waals surface area contributed by atoms with Crippen LogP contribution in [0.25, 0.3) is 0 Å². The minimum absolute atomic E-state index is 0.102. The van der Waals surface area contributed by atoms with Crippen LogP contribution in [0.4, 0.5) is 4.79 Å². The quantitative estimate of drug-likeness (QED) is 0.798. The van der Waals surface area contributed by atoms with Gasteiger partial charge in [0.15, 0.2) is 0 Å². The van der Waals surface area contributed by atoms with E-state index in [1.165, 1.54) is 0 Å². The van der Waals surface area contributed by atoms with Crippen LogP contribution >= 0.6 is 0 Å². The first-order valence-corrected chi connectivity index (χ1v) is 7.75. The SMILES string of the molecule is CC(C)(C)OC(=O)N1CCN([C@H]2CC[C@@H](O)CC2)CC1. The van der Waals surface area contributed by atoms with Crippen molar-refractivity contribution in [3.05, 3.63) is 0 Å². The molecule has 0 radical (unpaired) electrons. The highest BCUT2D eigenvalue weighted by molar-refractivity contribution is 5.68. The van der Waals surface area contributed by atoms with Gasteiger partial charge in [-0.1, -0.05) is 0 Å². The number of carbonyl (C=O) groups excluding carboxylic acids is 1. The zero-order chi connectivity index (χ0) is 14.8. The van der Waals surface area contributed by atoms with E-state index in [1.807, 2.05) is 20.8 Å². The van der Waals surface area contributed by atoms with Crippen LogP contribution in [0.15, 0.2) is 0 Å². The second kappa shape index (κ2) is 6.31. The Hall–Kier alpha value is -0.810. The molecule has 0 unspecified atom stereocenters. The molecule has 1 heterocycles. The molecule has 2 fully saturated rings. The number of amides is 1. The van der Waals surface area contributed by atoms with Gasteiger partial charge in [-0.15, -0.1) is 0 Å². The van der Waals surface area contributed by atoms with Crippen molar-refractivity contribution in [2.24, 2.45) is 0 Å². The summed E-state index contributed by atoms with van der Waals surface area (Å²) >= 11 is 0. The Bertz CT molecular complexity index is 325. The van der Waals surface area contributed by atoms with E-state index in [1.54, 1.807) is 4.90 Å². The van der Waals surface area contributed by atoms with Gasteiger partial charge < -0.3 is 14.7 Å². The Morgan fingerprint density at radius 2 is 1.60 bits per heavy atom. The number of piperazine rings is 1. The van der Waals surface area contributed by atoms with Gasteiger partial charge in [-0.05, 0) is 46.5 Å². The number of hydrogen-bond acceptors (Lipinski definition) is 4. The van der Waals surface area contributed by atoms with Gasteiger partial charge in [0.05, 0.1) is 6.10 Å². The Kier molecular flexibility index (Phi) is 4.91. The topological polar surface area (TPSA) is 53.0 Å². The van der Waals surface area contributed by atoms with E-state index in [-0.39, 0.29) is 12.2 Å². The molecule has 20 heavy (non-hydrogen) atoms. The molecule has 1 aliphatic carbocycles. The van der Waals surface area contributed by atoms with Crippen LogP contribution in [0.3, 0.4) is 0 Å². The second-order valence-electron chi connectivity index (χ2n) is 6.97. The van der Waals surface area contributed by atoms with Crippen LogP contribution in [0, 0.1) is 0 Å². The number of rotatable bonds is 1. The monoisotopic (exact) mass is 284 g/mol. The predicted molar refractivity (Wildman–Crippen MR) is 77.6 cm³/mol. The maximum atomic E-state index is 12.0.